The van der Waals surface area contributed by atoms with Gasteiger partial charge in [-0.25, -0.2) is 8.78 Å². The third-order valence-electron chi connectivity index (χ3n) is 2.89. The third-order valence-corrected chi connectivity index (χ3v) is 2.89. The summed E-state index contributed by atoms with van der Waals surface area (Å²) in [6.07, 6.45) is -0.959. The number of carbonyl (C=O) groups is 1. The van der Waals surface area contributed by atoms with Gasteiger partial charge in [-0.3, -0.25) is 4.79 Å². The van der Waals surface area contributed by atoms with Gasteiger partial charge in [-0.1, -0.05) is 5.16 Å². The molecule has 0 unspecified atom stereocenters. The Kier molecular flexibility index (Phi) is 5.64. The normalized spacial score (nSPS) is 12.0. The Balaban J connectivity index is 1.71. The molecule has 1 amide bonds. The van der Waals surface area contributed by atoms with Crippen molar-refractivity contribution in [3.05, 3.63) is 47.4 Å². The number of rotatable bonds is 7. The van der Waals surface area contributed by atoms with Gasteiger partial charge >= 0.3 is 0 Å². The predicted octanol–water partition coefficient (Wildman–Crippen LogP) is 1.36. The lowest BCUT2D eigenvalue weighted by molar-refractivity contribution is -0.121. The van der Waals surface area contributed by atoms with Crippen molar-refractivity contribution in [2.24, 2.45) is 0 Å². The van der Waals surface area contributed by atoms with Crippen molar-refractivity contribution in [3.63, 3.8) is 0 Å². The lowest BCUT2D eigenvalue weighted by Crippen LogP contribution is -2.36. The Labute approximate surface area is 131 Å². The second kappa shape index (κ2) is 7.68. The first-order chi connectivity index (χ1) is 10.9. The molecule has 1 atom stereocenters. The second-order valence-corrected chi connectivity index (χ2v) is 4.95. The third kappa shape index (κ3) is 5.33. The summed E-state index contributed by atoms with van der Waals surface area (Å²) in [5, 5.41) is 15.9. The van der Waals surface area contributed by atoms with Crippen LogP contribution in [0.15, 0.2) is 28.8 Å². The van der Waals surface area contributed by atoms with E-state index in [9.17, 15) is 18.7 Å². The molecule has 0 fully saturated rings. The predicted molar refractivity (Wildman–Crippen MR) is 75.8 cm³/mol. The minimum Gasteiger partial charge on any atom is -0.491 e. The van der Waals surface area contributed by atoms with Crippen LogP contribution < -0.4 is 10.1 Å². The Hall–Kier alpha value is -2.48. The van der Waals surface area contributed by atoms with Crippen LogP contribution in [-0.4, -0.2) is 35.4 Å². The van der Waals surface area contributed by atoms with Crippen LogP contribution in [0.2, 0.25) is 0 Å². The molecule has 0 aliphatic carbocycles. The van der Waals surface area contributed by atoms with Crippen molar-refractivity contribution in [2.45, 2.75) is 19.4 Å². The molecule has 0 spiro atoms. The van der Waals surface area contributed by atoms with Crippen LogP contribution in [0.25, 0.3) is 0 Å². The van der Waals surface area contributed by atoms with E-state index >= 15 is 0 Å². The standard InChI is InChI=1S/C15H16F2N2O4/c1-9-4-10(19-23-9)5-15(21)18-7-11(20)8-22-12-2-3-13(16)14(17)6-12/h2-4,6,11,20H,5,7-8H2,1H3,(H,18,21)/t11-/m0/s1. The van der Waals surface area contributed by atoms with Crippen molar-refractivity contribution in [1.29, 1.82) is 0 Å². The smallest absolute Gasteiger partial charge is 0.226 e. The average molecular weight is 326 g/mol. The maximum Gasteiger partial charge on any atom is 0.226 e. The van der Waals surface area contributed by atoms with Crippen LogP contribution >= 0.6 is 0 Å². The average Bonchev–Trinajstić information content (AvgIpc) is 2.91. The highest BCUT2D eigenvalue weighted by Crippen LogP contribution is 2.15. The van der Waals surface area contributed by atoms with Crippen LogP contribution in [-0.2, 0) is 11.2 Å². The molecule has 2 N–H and O–H groups in total. The maximum atomic E-state index is 13.0. The van der Waals surface area contributed by atoms with Gasteiger partial charge in [0, 0.05) is 18.7 Å². The van der Waals surface area contributed by atoms with Gasteiger partial charge in [0.05, 0.1) is 12.1 Å². The number of halogens is 2. The molecule has 0 aliphatic rings. The summed E-state index contributed by atoms with van der Waals surface area (Å²) in [5.41, 5.74) is 0.493. The second-order valence-electron chi connectivity index (χ2n) is 4.95. The van der Waals surface area contributed by atoms with E-state index in [1.54, 1.807) is 13.0 Å². The van der Waals surface area contributed by atoms with E-state index in [1.807, 2.05) is 0 Å². The molecular weight excluding hydrogens is 310 g/mol. The molecule has 0 aliphatic heterocycles. The first kappa shape index (κ1) is 16.9. The minimum absolute atomic E-state index is 0.0358. The Morgan fingerprint density at radius 1 is 1.39 bits per heavy atom. The molecule has 1 aromatic heterocycles. The van der Waals surface area contributed by atoms with Crippen LogP contribution in [0, 0.1) is 18.6 Å². The first-order valence-electron chi connectivity index (χ1n) is 6.89. The summed E-state index contributed by atoms with van der Waals surface area (Å²) in [6, 6.07) is 4.70. The van der Waals surface area contributed by atoms with Gasteiger partial charge in [-0.15, -0.1) is 0 Å². The summed E-state index contributed by atoms with van der Waals surface area (Å²) >= 11 is 0. The number of carbonyl (C=O) groups excluding carboxylic acids is 1. The van der Waals surface area contributed by atoms with Gasteiger partial charge in [0.2, 0.25) is 5.91 Å². The SMILES string of the molecule is Cc1cc(CC(=O)NC[C@H](O)COc2ccc(F)c(F)c2)no1. The zero-order chi connectivity index (χ0) is 16.8. The highest BCUT2D eigenvalue weighted by molar-refractivity contribution is 5.78. The number of aryl methyl sites for hydroxylation is 1. The monoisotopic (exact) mass is 326 g/mol. The number of benzene rings is 1. The summed E-state index contributed by atoms with van der Waals surface area (Å²) in [4.78, 5) is 11.6. The number of aliphatic hydroxyl groups excluding tert-OH is 1. The number of amides is 1. The van der Waals surface area contributed by atoms with E-state index in [2.05, 4.69) is 10.5 Å². The number of aliphatic hydroxyl groups is 1. The van der Waals surface area contributed by atoms with Gasteiger partial charge < -0.3 is 19.7 Å². The fraction of sp³-hybridized carbons (Fsp3) is 0.333. The largest absolute Gasteiger partial charge is 0.491 e. The minimum atomic E-state index is -1.03. The van der Waals surface area contributed by atoms with Crippen molar-refractivity contribution in [2.75, 3.05) is 13.2 Å². The highest BCUT2D eigenvalue weighted by Gasteiger charge is 2.11. The fourth-order valence-corrected chi connectivity index (χ4v) is 1.78. The number of aromatic nitrogens is 1. The zero-order valence-corrected chi connectivity index (χ0v) is 12.4. The maximum absolute atomic E-state index is 13.0. The number of nitrogens with one attached hydrogen (secondary N) is 1. The number of hydrogen-bond acceptors (Lipinski definition) is 5. The molecule has 6 nitrogen and oxygen atoms in total. The summed E-state index contributed by atoms with van der Waals surface area (Å²) in [6.45, 7) is 1.50. The first-order valence-corrected chi connectivity index (χ1v) is 6.89. The van der Waals surface area contributed by atoms with Gasteiger partial charge in [-0.05, 0) is 19.1 Å². The molecule has 23 heavy (non-hydrogen) atoms. The van der Waals surface area contributed by atoms with Crippen molar-refractivity contribution in [1.82, 2.24) is 10.5 Å². The Morgan fingerprint density at radius 3 is 2.83 bits per heavy atom. The molecule has 8 heteroatoms. The van der Waals surface area contributed by atoms with E-state index in [4.69, 9.17) is 9.26 Å². The van der Waals surface area contributed by atoms with Crippen LogP contribution in [0.3, 0.4) is 0 Å². The van der Waals surface area contributed by atoms with Crippen molar-refractivity contribution >= 4 is 5.91 Å². The van der Waals surface area contributed by atoms with Crippen LogP contribution in [0.1, 0.15) is 11.5 Å². The van der Waals surface area contributed by atoms with Gasteiger partial charge in [0.1, 0.15) is 24.2 Å². The van der Waals surface area contributed by atoms with Crippen LogP contribution in [0.5, 0.6) is 5.75 Å². The fourth-order valence-electron chi connectivity index (χ4n) is 1.78. The highest BCUT2D eigenvalue weighted by atomic mass is 19.2. The molecule has 124 valence electrons. The quantitative estimate of drug-likeness (QED) is 0.802. The summed E-state index contributed by atoms with van der Waals surface area (Å²) in [7, 11) is 0. The molecule has 2 aromatic rings. The Bertz CT molecular complexity index is 675. The van der Waals surface area contributed by atoms with Gasteiger partial charge in [-0.2, -0.15) is 0 Å². The topological polar surface area (TPSA) is 84.6 Å². The van der Waals surface area contributed by atoms with Crippen molar-refractivity contribution < 1.29 is 27.9 Å². The molecule has 0 radical (unpaired) electrons. The lowest BCUT2D eigenvalue weighted by Gasteiger charge is -2.13. The van der Waals surface area contributed by atoms with Gasteiger partial charge in [0.15, 0.2) is 11.6 Å². The van der Waals surface area contributed by atoms with Crippen molar-refractivity contribution in [3.8, 4) is 5.75 Å². The molecule has 1 aromatic carbocycles. The van der Waals surface area contributed by atoms with Crippen LogP contribution in [0.4, 0.5) is 8.78 Å². The van der Waals surface area contributed by atoms with E-state index in [-0.39, 0.29) is 31.2 Å². The molecule has 0 saturated carbocycles. The van der Waals surface area contributed by atoms with E-state index in [0.29, 0.717) is 11.5 Å². The molecule has 2 rings (SSSR count). The molecule has 1 heterocycles. The Morgan fingerprint density at radius 2 is 2.17 bits per heavy atom. The lowest BCUT2D eigenvalue weighted by atomic mass is 10.2. The van der Waals surface area contributed by atoms with Gasteiger partial charge in [0.25, 0.3) is 0 Å². The number of ether oxygens (including phenoxy) is 1. The number of nitrogens with zero attached hydrogens (tertiary/aromatic N) is 1. The summed E-state index contributed by atoms with van der Waals surface area (Å²) < 4.78 is 35.7. The molecule has 0 bridgehead atoms. The van der Waals surface area contributed by atoms with E-state index in [0.717, 1.165) is 12.1 Å². The van der Waals surface area contributed by atoms with E-state index in [1.165, 1.54) is 6.07 Å². The summed E-state index contributed by atoms with van der Waals surface area (Å²) in [5.74, 6) is -1.65. The van der Waals surface area contributed by atoms with E-state index < -0.39 is 17.7 Å². The molecular formula is C15H16F2N2O4. The zero-order valence-electron chi connectivity index (χ0n) is 12.4. The molecule has 0 saturated heterocycles. The number of hydrogen-bond donors (Lipinski definition) is 2.